The largest absolute Gasteiger partial charge is 0.381 e. The molecule has 126 valence electrons. The molecule has 0 amide bonds. The average molecular weight is 309 g/mol. The van der Waals surface area contributed by atoms with Crippen molar-refractivity contribution in [3.63, 3.8) is 0 Å². The van der Waals surface area contributed by atoms with Gasteiger partial charge in [-0.2, -0.15) is 5.10 Å². The van der Waals surface area contributed by atoms with Crippen molar-refractivity contribution in [3.8, 4) is 0 Å². The summed E-state index contributed by atoms with van der Waals surface area (Å²) in [5.74, 6) is 1.45. The minimum absolute atomic E-state index is 0.591. The third kappa shape index (κ3) is 8.67. The van der Waals surface area contributed by atoms with Crippen molar-refractivity contribution in [2.24, 2.45) is 10.9 Å². The highest BCUT2D eigenvalue weighted by Crippen LogP contribution is 1.94. The molecular formula is C16H31N5O. The minimum atomic E-state index is 0.591. The molecule has 0 unspecified atom stereocenters. The van der Waals surface area contributed by atoms with Gasteiger partial charge < -0.3 is 15.4 Å². The fourth-order valence-electron chi connectivity index (χ4n) is 1.90. The summed E-state index contributed by atoms with van der Waals surface area (Å²) in [6.45, 7) is 13.3. The van der Waals surface area contributed by atoms with E-state index in [1.807, 2.05) is 24.0 Å². The van der Waals surface area contributed by atoms with Gasteiger partial charge in [0.25, 0.3) is 0 Å². The molecule has 0 aromatic carbocycles. The predicted molar refractivity (Wildman–Crippen MR) is 91.2 cm³/mol. The van der Waals surface area contributed by atoms with Gasteiger partial charge in [0.15, 0.2) is 5.96 Å². The van der Waals surface area contributed by atoms with Crippen molar-refractivity contribution in [2.45, 2.75) is 40.7 Å². The zero-order chi connectivity index (χ0) is 16.2. The van der Waals surface area contributed by atoms with E-state index in [2.05, 4.69) is 41.5 Å². The van der Waals surface area contributed by atoms with Crippen molar-refractivity contribution in [3.05, 3.63) is 18.0 Å². The maximum Gasteiger partial charge on any atom is 0.191 e. The molecule has 6 nitrogen and oxygen atoms in total. The lowest BCUT2D eigenvalue weighted by Crippen LogP contribution is -2.39. The molecule has 1 aromatic heterocycles. The maximum absolute atomic E-state index is 5.56. The topological polar surface area (TPSA) is 63.5 Å². The average Bonchev–Trinajstić information content (AvgIpc) is 2.88. The Hall–Kier alpha value is -1.56. The summed E-state index contributed by atoms with van der Waals surface area (Å²) in [6, 6.07) is 0. The summed E-state index contributed by atoms with van der Waals surface area (Å²) in [4.78, 5) is 4.55. The molecular weight excluding hydrogens is 278 g/mol. The molecule has 2 N–H and O–H groups in total. The van der Waals surface area contributed by atoms with E-state index in [0.717, 1.165) is 51.8 Å². The second-order valence-electron chi connectivity index (χ2n) is 5.79. The second-order valence-corrected chi connectivity index (χ2v) is 5.79. The van der Waals surface area contributed by atoms with Crippen LogP contribution in [0.2, 0.25) is 0 Å². The van der Waals surface area contributed by atoms with Gasteiger partial charge in [0.05, 0.1) is 12.7 Å². The van der Waals surface area contributed by atoms with Crippen LogP contribution in [0.3, 0.4) is 0 Å². The van der Waals surface area contributed by atoms with Crippen LogP contribution in [0.5, 0.6) is 0 Å². The predicted octanol–water partition coefficient (Wildman–Crippen LogP) is 1.81. The van der Waals surface area contributed by atoms with Gasteiger partial charge in [-0.05, 0) is 31.7 Å². The van der Waals surface area contributed by atoms with Crippen molar-refractivity contribution in [1.29, 1.82) is 0 Å². The molecule has 0 atom stereocenters. The summed E-state index contributed by atoms with van der Waals surface area (Å²) in [5.41, 5.74) is 1.18. The van der Waals surface area contributed by atoms with Gasteiger partial charge in [-0.3, -0.25) is 9.67 Å². The smallest absolute Gasteiger partial charge is 0.191 e. The van der Waals surface area contributed by atoms with Crippen LogP contribution in [0, 0.1) is 12.8 Å². The van der Waals surface area contributed by atoms with Gasteiger partial charge >= 0.3 is 0 Å². The number of nitrogens with one attached hydrogen (secondary N) is 2. The first-order valence-corrected chi connectivity index (χ1v) is 8.20. The van der Waals surface area contributed by atoms with Gasteiger partial charge in [-0.15, -0.1) is 0 Å². The lowest BCUT2D eigenvalue weighted by Gasteiger charge is -2.11. The number of aliphatic imine (C=N–C) groups is 1. The van der Waals surface area contributed by atoms with Crippen molar-refractivity contribution in [1.82, 2.24) is 20.4 Å². The minimum Gasteiger partial charge on any atom is -0.381 e. The molecule has 0 aliphatic rings. The van der Waals surface area contributed by atoms with Gasteiger partial charge in [0, 0.05) is 39.0 Å². The third-order valence-corrected chi connectivity index (χ3v) is 2.91. The van der Waals surface area contributed by atoms with Crippen molar-refractivity contribution < 1.29 is 4.74 Å². The lowest BCUT2D eigenvalue weighted by atomic mass is 10.2. The van der Waals surface area contributed by atoms with Gasteiger partial charge in [-0.25, -0.2) is 0 Å². The Labute approximate surface area is 134 Å². The number of guanidine groups is 1. The molecule has 1 heterocycles. The van der Waals surface area contributed by atoms with Crippen molar-refractivity contribution >= 4 is 5.96 Å². The van der Waals surface area contributed by atoms with Crippen LogP contribution >= 0.6 is 0 Å². The number of nitrogens with zero attached hydrogens (tertiary/aromatic N) is 3. The lowest BCUT2D eigenvalue weighted by molar-refractivity contribution is 0.109. The monoisotopic (exact) mass is 309 g/mol. The molecule has 0 aliphatic carbocycles. The Morgan fingerprint density at radius 1 is 1.41 bits per heavy atom. The molecule has 0 fully saturated rings. The Morgan fingerprint density at radius 3 is 2.86 bits per heavy atom. The molecule has 1 aromatic rings. The van der Waals surface area contributed by atoms with E-state index >= 15 is 0 Å². The Bertz CT molecular complexity index is 428. The quantitative estimate of drug-likeness (QED) is 0.393. The van der Waals surface area contributed by atoms with E-state index in [-0.39, 0.29) is 0 Å². The first kappa shape index (κ1) is 18.5. The van der Waals surface area contributed by atoms with Crippen LogP contribution in [-0.2, 0) is 11.3 Å². The zero-order valence-corrected chi connectivity index (χ0v) is 14.4. The molecule has 0 saturated carbocycles. The molecule has 0 bridgehead atoms. The maximum atomic E-state index is 5.56. The number of aryl methyl sites for hydroxylation is 1. The zero-order valence-electron chi connectivity index (χ0n) is 14.4. The highest BCUT2D eigenvalue weighted by molar-refractivity contribution is 5.79. The van der Waals surface area contributed by atoms with E-state index in [1.54, 1.807) is 0 Å². The first-order valence-electron chi connectivity index (χ1n) is 8.20. The van der Waals surface area contributed by atoms with Crippen LogP contribution in [0.1, 0.15) is 32.8 Å². The van der Waals surface area contributed by atoms with Crippen LogP contribution in [0.15, 0.2) is 17.4 Å². The van der Waals surface area contributed by atoms with Crippen molar-refractivity contribution in [2.75, 3.05) is 32.8 Å². The highest BCUT2D eigenvalue weighted by atomic mass is 16.5. The summed E-state index contributed by atoms with van der Waals surface area (Å²) in [7, 11) is 0. The summed E-state index contributed by atoms with van der Waals surface area (Å²) >= 11 is 0. The van der Waals surface area contributed by atoms with Gasteiger partial charge in [0.2, 0.25) is 0 Å². The van der Waals surface area contributed by atoms with E-state index in [9.17, 15) is 0 Å². The number of ether oxygens (including phenoxy) is 1. The number of rotatable bonds is 10. The van der Waals surface area contributed by atoms with E-state index in [0.29, 0.717) is 5.92 Å². The van der Waals surface area contributed by atoms with Crippen LogP contribution in [0.25, 0.3) is 0 Å². The number of aromatic nitrogens is 2. The molecule has 22 heavy (non-hydrogen) atoms. The normalized spacial score (nSPS) is 12.0. The molecule has 0 aliphatic heterocycles. The van der Waals surface area contributed by atoms with Gasteiger partial charge in [0.1, 0.15) is 0 Å². The number of hydrogen-bond acceptors (Lipinski definition) is 3. The summed E-state index contributed by atoms with van der Waals surface area (Å²) < 4.78 is 7.49. The molecule has 1 rings (SSSR count). The summed E-state index contributed by atoms with van der Waals surface area (Å²) in [6.07, 6.45) is 4.86. The highest BCUT2D eigenvalue weighted by Gasteiger charge is 1.98. The SMILES string of the molecule is CCNC(=NCCCOCC(C)C)NCCn1cc(C)cn1. The molecule has 6 heteroatoms. The van der Waals surface area contributed by atoms with Crippen LogP contribution in [-0.4, -0.2) is 48.6 Å². The fraction of sp³-hybridized carbons (Fsp3) is 0.750. The van der Waals surface area contributed by atoms with E-state index in [4.69, 9.17) is 4.74 Å². The summed E-state index contributed by atoms with van der Waals surface area (Å²) in [5, 5.41) is 10.8. The third-order valence-electron chi connectivity index (χ3n) is 2.91. The second kappa shape index (κ2) is 11.1. The number of hydrogen-bond donors (Lipinski definition) is 2. The molecule has 0 saturated heterocycles. The Kier molecular flexibility index (Phi) is 9.30. The standard InChI is InChI=1S/C16H31N5O/c1-5-17-16(18-7-6-10-22-13-14(2)3)19-8-9-21-12-15(4)11-20-21/h11-12,14H,5-10,13H2,1-4H3,(H2,17,18,19). The molecule has 0 spiro atoms. The molecule has 0 radical (unpaired) electrons. The Balaban J connectivity index is 2.20. The van der Waals surface area contributed by atoms with E-state index < -0.39 is 0 Å². The van der Waals surface area contributed by atoms with Crippen LogP contribution < -0.4 is 10.6 Å². The first-order chi connectivity index (χ1) is 10.6. The van der Waals surface area contributed by atoms with E-state index in [1.165, 1.54) is 5.56 Å². The van der Waals surface area contributed by atoms with Gasteiger partial charge in [-0.1, -0.05) is 13.8 Å². The fourth-order valence-corrected chi connectivity index (χ4v) is 1.90. The van der Waals surface area contributed by atoms with Crippen LogP contribution in [0.4, 0.5) is 0 Å². The Morgan fingerprint density at radius 2 is 2.23 bits per heavy atom.